The normalized spacial score (nSPS) is 11.0. The fraction of sp³-hybridized carbons (Fsp3) is 0.105. The molecule has 10 heteroatoms. The first-order valence-electron chi connectivity index (χ1n) is 8.39. The van der Waals surface area contributed by atoms with E-state index < -0.39 is 11.2 Å². The second-order valence-corrected chi connectivity index (χ2v) is 7.01. The van der Waals surface area contributed by atoms with Gasteiger partial charge in [-0.15, -0.1) is 0 Å². The molecule has 0 bridgehead atoms. The van der Waals surface area contributed by atoms with E-state index in [0.29, 0.717) is 32.9 Å². The SMILES string of the molecule is Cn1nc(-c2ccc(Oc3ccc(Cl)c(Cl)c3)cc2)nc2c(=O)n(C)c(=O)nc1-2. The Labute approximate surface area is 174 Å². The van der Waals surface area contributed by atoms with Crippen molar-refractivity contribution in [3.8, 4) is 34.4 Å². The Morgan fingerprint density at radius 1 is 0.897 bits per heavy atom. The fourth-order valence-corrected chi connectivity index (χ4v) is 2.96. The molecule has 0 saturated heterocycles. The highest BCUT2D eigenvalue weighted by Crippen LogP contribution is 2.30. The van der Waals surface area contributed by atoms with Crippen LogP contribution in [0.3, 0.4) is 0 Å². The molecule has 0 fully saturated rings. The monoisotopic (exact) mass is 429 g/mol. The zero-order valence-electron chi connectivity index (χ0n) is 15.3. The van der Waals surface area contributed by atoms with E-state index in [9.17, 15) is 9.59 Å². The summed E-state index contributed by atoms with van der Waals surface area (Å²) in [6.07, 6.45) is 0. The molecule has 0 aromatic heterocycles. The number of nitrogens with zero attached hydrogens (tertiary/aromatic N) is 5. The molecular weight excluding hydrogens is 417 g/mol. The molecule has 2 aromatic rings. The number of fused-ring (bicyclic) bond motifs is 1. The second kappa shape index (κ2) is 7.31. The van der Waals surface area contributed by atoms with Gasteiger partial charge in [-0.25, -0.2) is 14.5 Å². The third kappa shape index (κ3) is 3.59. The van der Waals surface area contributed by atoms with Crippen LogP contribution in [0.25, 0.3) is 22.9 Å². The maximum absolute atomic E-state index is 12.4. The number of benzene rings is 2. The quantitative estimate of drug-likeness (QED) is 0.496. The molecule has 0 unspecified atom stereocenters. The smallest absolute Gasteiger partial charge is 0.352 e. The molecule has 2 aliphatic rings. The van der Waals surface area contributed by atoms with Crippen LogP contribution in [0.5, 0.6) is 11.5 Å². The summed E-state index contributed by atoms with van der Waals surface area (Å²) in [6.45, 7) is 0. The molecule has 0 aliphatic carbocycles. The number of ether oxygens (including phenoxy) is 1. The van der Waals surface area contributed by atoms with Gasteiger partial charge < -0.3 is 4.74 Å². The zero-order valence-corrected chi connectivity index (χ0v) is 16.8. The number of hydrogen-bond acceptors (Lipinski definition) is 6. The molecule has 4 rings (SSSR count). The Morgan fingerprint density at radius 2 is 1.59 bits per heavy atom. The van der Waals surface area contributed by atoms with Gasteiger partial charge in [0.15, 0.2) is 17.3 Å². The average Bonchev–Trinajstić information content (AvgIpc) is 2.70. The van der Waals surface area contributed by atoms with Gasteiger partial charge in [0.1, 0.15) is 11.5 Å². The van der Waals surface area contributed by atoms with Crippen LogP contribution in [-0.4, -0.2) is 24.3 Å². The van der Waals surface area contributed by atoms with Crippen molar-refractivity contribution in [2.24, 2.45) is 14.1 Å². The van der Waals surface area contributed by atoms with Crippen LogP contribution in [0.4, 0.5) is 0 Å². The number of aromatic nitrogens is 5. The molecule has 0 N–H and O–H groups in total. The lowest BCUT2D eigenvalue weighted by atomic mass is 10.2. The third-order valence-electron chi connectivity index (χ3n) is 4.22. The van der Waals surface area contributed by atoms with Gasteiger partial charge in [0.2, 0.25) is 0 Å². The minimum Gasteiger partial charge on any atom is -0.457 e. The molecule has 2 aromatic carbocycles. The molecule has 0 spiro atoms. The summed E-state index contributed by atoms with van der Waals surface area (Å²) in [4.78, 5) is 32.3. The number of hydrogen-bond donors (Lipinski definition) is 0. The summed E-state index contributed by atoms with van der Waals surface area (Å²) in [5.41, 5.74) is -0.454. The first kappa shape index (κ1) is 19.1. The molecule has 146 valence electrons. The predicted molar refractivity (Wildman–Crippen MR) is 109 cm³/mol. The van der Waals surface area contributed by atoms with Gasteiger partial charge in [0.05, 0.1) is 10.0 Å². The maximum Gasteiger partial charge on any atom is 0.352 e. The van der Waals surface area contributed by atoms with Crippen molar-refractivity contribution >= 4 is 23.2 Å². The van der Waals surface area contributed by atoms with Crippen LogP contribution >= 0.6 is 23.2 Å². The topological polar surface area (TPSA) is 91.9 Å². The minimum absolute atomic E-state index is 0.0655. The van der Waals surface area contributed by atoms with E-state index in [1.807, 2.05) is 0 Å². The van der Waals surface area contributed by atoms with Crippen LogP contribution in [-0.2, 0) is 14.1 Å². The number of rotatable bonds is 3. The Bertz CT molecular complexity index is 1320. The summed E-state index contributed by atoms with van der Waals surface area (Å²) in [5, 5.41) is 5.14. The molecule has 2 heterocycles. The summed E-state index contributed by atoms with van der Waals surface area (Å²) in [5.74, 6) is 1.56. The van der Waals surface area contributed by atoms with Crippen molar-refractivity contribution in [1.82, 2.24) is 24.3 Å². The summed E-state index contributed by atoms with van der Waals surface area (Å²) in [7, 11) is 2.95. The Kier molecular flexibility index (Phi) is 4.81. The lowest BCUT2D eigenvalue weighted by Crippen LogP contribution is -2.36. The third-order valence-corrected chi connectivity index (χ3v) is 4.95. The average molecular weight is 430 g/mol. The molecule has 0 amide bonds. The van der Waals surface area contributed by atoms with Crippen LogP contribution in [0, 0.1) is 0 Å². The number of aryl methyl sites for hydroxylation is 1. The van der Waals surface area contributed by atoms with Gasteiger partial charge in [0.25, 0.3) is 5.56 Å². The summed E-state index contributed by atoms with van der Waals surface area (Å²) < 4.78 is 8.03. The van der Waals surface area contributed by atoms with Crippen LogP contribution in [0.1, 0.15) is 0 Å². The molecular formula is C19H13Cl2N5O3. The van der Waals surface area contributed by atoms with E-state index in [-0.39, 0.29) is 11.5 Å². The Morgan fingerprint density at radius 3 is 2.28 bits per heavy atom. The van der Waals surface area contributed by atoms with Crippen molar-refractivity contribution in [3.63, 3.8) is 0 Å². The van der Waals surface area contributed by atoms with E-state index in [1.54, 1.807) is 49.5 Å². The van der Waals surface area contributed by atoms with Crippen LogP contribution < -0.4 is 16.0 Å². The van der Waals surface area contributed by atoms with E-state index in [1.165, 1.54) is 11.7 Å². The highest BCUT2D eigenvalue weighted by Gasteiger charge is 2.19. The van der Waals surface area contributed by atoms with Gasteiger partial charge in [-0.1, -0.05) is 23.2 Å². The fourth-order valence-electron chi connectivity index (χ4n) is 2.67. The van der Waals surface area contributed by atoms with Crippen molar-refractivity contribution in [3.05, 3.63) is 73.3 Å². The van der Waals surface area contributed by atoms with E-state index in [4.69, 9.17) is 27.9 Å². The Hall–Kier alpha value is -3.23. The van der Waals surface area contributed by atoms with E-state index in [0.717, 1.165) is 4.57 Å². The molecule has 8 nitrogen and oxygen atoms in total. The summed E-state index contributed by atoms with van der Waals surface area (Å²) in [6, 6.07) is 12.0. The lowest BCUT2D eigenvalue weighted by molar-refractivity contribution is 0.483. The summed E-state index contributed by atoms with van der Waals surface area (Å²) >= 11 is 11.9. The zero-order chi connectivity index (χ0) is 20.7. The molecule has 2 aliphatic heterocycles. The van der Waals surface area contributed by atoms with Crippen LogP contribution in [0.15, 0.2) is 52.1 Å². The molecule has 0 radical (unpaired) electrons. The van der Waals surface area contributed by atoms with Crippen molar-refractivity contribution < 1.29 is 4.74 Å². The highest BCUT2D eigenvalue weighted by atomic mass is 35.5. The largest absolute Gasteiger partial charge is 0.457 e. The van der Waals surface area contributed by atoms with Crippen molar-refractivity contribution in [1.29, 1.82) is 0 Å². The van der Waals surface area contributed by atoms with Gasteiger partial charge in [-0.05, 0) is 36.4 Å². The molecule has 0 saturated carbocycles. The van der Waals surface area contributed by atoms with E-state index >= 15 is 0 Å². The molecule has 0 atom stereocenters. The lowest BCUT2D eigenvalue weighted by Gasteiger charge is -2.11. The standard InChI is InChI=1S/C19H13Cl2N5O3/c1-25-18(27)15-17(23-19(25)28)26(2)24-16(22-15)10-3-5-11(6-4-10)29-12-7-8-13(20)14(21)9-12/h3-9H,1-2H3. The van der Waals surface area contributed by atoms with Gasteiger partial charge in [-0.3, -0.25) is 9.36 Å². The predicted octanol–water partition coefficient (Wildman–Crippen LogP) is 3.14. The number of halogens is 2. The van der Waals surface area contributed by atoms with Crippen LogP contribution in [0.2, 0.25) is 10.0 Å². The van der Waals surface area contributed by atoms with Crippen molar-refractivity contribution in [2.45, 2.75) is 0 Å². The first-order chi connectivity index (χ1) is 13.8. The second-order valence-electron chi connectivity index (χ2n) is 6.19. The van der Waals surface area contributed by atoms with E-state index in [2.05, 4.69) is 15.1 Å². The first-order valence-corrected chi connectivity index (χ1v) is 9.14. The Balaban J connectivity index is 1.69. The minimum atomic E-state index is -0.654. The highest BCUT2D eigenvalue weighted by molar-refractivity contribution is 6.42. The maximum atomic E-state index is 12.4. The van der Waals surface area contributed by atoms with Crippen molar-refractivity contribution in [2.75, 3.05) is 0 Å². The molecule has 29 heavy (non-hydrogen) atoms. The van der Waals surface area contributed by atoms with Gasteiger partial charge in [-0.2, -0.15) is 10.1 Å². The van der Waals surface area contributed by atoms with Gasteiger partial charge in [0, 0.05) is 25.7 Å². The van der Waals surface area contributed by atoms with Gasteiger partial charge >= 0.3 is 5.69 Å².